The van der Waals surface area contributed by atoms with E-state index >= 15 is 0 Å². The molecule has 0 bridgehead atoms. The maximum absolute atomic E-state index is 2.70. The van der Waals surface area contributed by atoms with Crippen molar-refractivity contribution in [1.29, 1.82) is 0 Å². The molecule has 0 aliphatic carbocycles. The summed E-state index contributed by atoms with van der Waals surface area (Å²) in [7, 11) is -1.08. The third-order valence-electron chi connectivity index (χ3n) is 3.35. The minimum atomic E-state index is -1.08. The van der Waals surface area contributed by atoms with Crippen molar-refractivity contribution in [2.75, 3.05) is 31.1 Å². The first-order valence-electron chi connectivity index (χ1n) is 6.12. The van der Waals surface area contributed by atoms with Crippen LogP contribution in [0.25, 0.3) is 0 Å². The molecule has 1 aromatic carbocycles. The summed E-state index contributed by atoms with van der Waals surface area (Å²) in [6.45, 7) is 12.1. The SMILES string of the molecule is C[Si](C)(C)N1CCN(c2ccccc2)CC1. The first kappa shape index (κ1) is 11.7. The first-order chi connectivity index (χ1) is 7.57. The summed E-state index contributed by atoms with van der Waals surface area (Å²) in [6.07, 6.45) is 0. The number of rotatable bonds is 2. The highest BCUT2D eigenvalue weighted by molar-refractivity contribution is 6.73. The molecular weight excluding hydrogens is 212 g/mol. The van der Waals surface area contributed by atoms with Gasteiger partial charge in [-0.05, 0) is 12.1 Å². The number of anilines is 1. The van der Waals surface area contributed by atoms with Crippen molar-refractivity contribution in [2.45, 2.75) is 19.6 Å². The molecule has 0 aromatic heterocycles. The molecule has 0 amide bonds. The van der Waals surface area contributed by atoms with Crippen molar-refractivity contribution in [3.8, 4) is 0 Å². The minimum Gasteiger partial charge on any atom is -0.369 e. The predicted molar refractivity (Wildman–Crippen MR) is 73.6 cm³/mol. The van der Waals surface area contributed by atoms with Crippen LogP contribution in [0.2, 0.25) is 19.6 Å². The summed E-state index contributed by atoms with van der Waals surface area (Å²) in [6, 6.07) is 10.8. The van der Waals surface area contributed by atoms with Gasteiger partial charge in [-0.1, -0.05) is 37.8 Å². The number of nitrogens with zero attached hydrogens (tertiary/aromatic N) is 2. The number of hydrogen-bond donors (Lipinski definition) is 0. The van der Waals surface area contributed by atoms with Gasteiger partial charge in [-0.2, -0.15) is 0 Å². The zero-order valence-corrected chi connectivity index (χ0v) is 11.6. The van der Waals surface area contributed by atoms with Gasteiger partial charge in [0.1, 0.15) is 8.24 Å². The van der Waals surface area contributed by atoms with Crippen molar-refractivity contribution in [1.82, 2.24) is 4.57 Å². The highest BCUT2D eigenvalue weighted by Gasteiger charge is 2.27. The molecule has 16 heavy (non-hydrogen) atoms. The summed E-state index contributed by atoms with van der Waals surface area (Å²) in [5.74, 6) is 0. The van der Waals surface area contributed by atoms with E-state index in [9.17, 15) is 0 Å². The fourth-order valence-electron chi connectivity index (χ4n) is 2.27. The largest absolute Gasteiger partial charge is 0.369 e. The lowest BCUT2D eigenvalue weighted by molar-refractivity contribution is 0.389. The highest BCUT2D eigenvalue weighted by Crippen LogP contribution is 2.18. The molecule has 2 rings (SSSR count). The second kappa shape index (κ2) is 4.59. The molecule has 0 spiro atoms. The molecule has 2 nitrogen and oxygen atoms in total. The molecule has 1 heterocycles. The van der Waals surface area contributed by atoms with Crippen LogP contribution in [0.4, 0.5) is 5.69 Å². The summed E-state index contributed by atoms with van der Waals surface area (Å²) < 4.78 is 2.70. The molecule has 1 fully saturated rings. The van der Waals surface area contributed by atoms with E-state index in [4.69, 9.17) is 0 Å². The second-order valence-corrected chi connectivity index (χ2v) is 10.5. The van der Waals surface area contributed by atoms with Gasteiger partial charge in [0.2, 0.25) is 0 Å². The standard InChI is InChI=1S/C13H22N2Si/c1-16(2,3)15-11-9-14(10-12-15)13-7-5-4-6-8-13/h4-8H,9-12H2,1-3H3. The Hall–Kier alpha value is -0.803. The Balaban J connectivity index is 1.96. The second-order valence-electron chi connectivity index (χ2n) is 5.48. The molecule has 88 valence electrons. The summed E-state index contributed by atoms with van der Waals surface area (Å²) >= 11 is 0. The fraction of sp³-hybridized carbons (Fsp3) is 0.538. The number of hydrogen-bond acceptors (Lipinski definition) is 2. The Bertz CT molecular complexity index is 324. The molecule has 1 aromatic rings. The first-order valence-corrected chi connectivity index (χ1v) is 9.57. The summed E-state index contributed by atoms with van der Waals surface area (Å²) in [4.78, 5) is 2.50. The van der Waals surface area contributed by atoms with Crippen LogP contribution in [-0.4, -0.2) is 39.0 Å². The highest BCUT2D eigenvalue weighted by atomic mass is 28.3. The predicted octanol–water partition coefficient (Wildman–Crippen LogP) is 2.64. The normalized spacial score (nSPS) is 18.8. The van der Waals surface area contributed by atoms with Gasteiger partial charge in [0, 0.05) is 31.9 Å². The Morgan fingerprint density at radius 3 is 1.94 bits per heavy atom. The molecular formula is C13H22N2Si. The lowest BCUT2D eigenvalue weighted by atomic mass is 10.2. The van der Waals surface area contributed by atoms with E-state index in [1.54, 1.807) is 0 Å². The topological polar surface area (TPSA) is 6.48 Å². The van der Waals surface area contributed by atoms with E-state index in [0.29, 0.717) is 0 Å². The van der Waals surface area contributed by atoms with Crippen molar-refractivity contribution in [3.05, 3.63) is 30.3 Å². The number of para-hydroxylation sites is 1. The van der Waals surface area contributed by atoms with Crippen molar-refractivity contribution < 1.29 is 0 Å². The van der Waals surface area contributed by atoms with Crippen LogP contribution < -0.4 is 4.90 Å². The van der Waals surface area contributed by atoms with Crippen LogP contribution in [0.15, 0.2) is 30.3 Å². The van der Waals surface area contributed by atoms with E-state index in [2.05, 4.69) is 59.4 Å². The Morgan fingerprint density at radius 2 is 1.44 bits per heavy atom. The molecule has 0 radical (unpaired) electrons. The van der Waals surface area contributed by atoms with Gasteiger partial charge in [-0.3, -0.25) is 0 Å². The van der Waals surface area contributed by atoms with Gasteiger partial charge < -0.3 is 9.47 Å². The average molecular weight is 234 g/mol. The van der Waals surface area contributed by atoms with E-state index in [1.807, 2.05) is 0 Å². The molecule has 0 unspecified atom stereocenters. The van der Waals surface area contributed by atoms with Crippen LogP contribution in [-0.2, 0) is 0 Å². The minimum absolute atomic E-state index is 1.08. The van der Waals surface area contributed by atoms with Gasteiger partial charge in [-0.15, -0.1) is 0 Å². The molecule has 0 saturated carbocycles. The van der Waals surface area contributed by atoms with Crippen LogP contribution >= 0.6 is 0 Å². The molecule has 0 atom stereocenters. The van der Waals surface area contributed by atoms with Gasteiger partial charge >= 0.3 is 0 Å². The zero-order chi connectivity index (χ0) is 11.6. The van der Waals surface area contributed by atoms with Crippen molar-refractivity contribution >= 4 is 13.9 Å². The van der Waals surface area contributed by atoms with Crippen LogP contribution in [0.5, 0.6) is 0 Å². The molecule has 1 aliphatic heterocycles. The molecule has 1 saturated heterocycles. The molecule has 0 N–H and O–H groups in total. The smallest absolute Gasteiger partial charge is 0.119 e. The van der Waals surface area contributed by atoms with Gasteiger partial charge in [0.15, 0.2) is 0 Å². The maximum atomic E-state index is 2.70. The zero-order valence-electron chi connectivity index (χ0n) is 10.6. The van der Waals surface area contributed by atoms with Crippen molar-refractivity contribution in [2.24, 2.45) is 0 Å². The maximum Gasteiger partial charge on any atom is 0.119 e. The third kappa shape index (κ3) is 2.65. The number of piperazine rings is 1. The molecule has 3 heteroatoms. The Morgan fingerprint density at radius 1 is 0.875 bits per heavy atom. The van der Waals surface area contributed by atoms with E-state index in [0.717, 1.165) is 0 Å². The van der Waals surface area contributed by atoms with E-state index in [1.165, 1.54) is 31.9 Å². The quantitative estimate of drug-likeness (QED) is 0.726. The lowest BCUT2D eigenvalue weighted by Crippen LogP contribution is -2.56. The summed E-state index contributed by atoms with van der Waals surface area (Å²) in [5, 5.41) is 0. The Labute approximate surface area is 100.0 Å². The van der Waals surface area contributed by atoms with Gasteiger partial charge in [0.05, 0.1) is 0 Å². The van der Waals surface area contributed by atoms with Crippen LogP contribution in [0.3, 0.4) is 0 Å². The monoisotopic (exact) mass is 234 g/mol. The average Bonchev–Trinajstić information content (AvgIpc) is 2.29. The summed E-state index contributed by atoms with van der Waals surface area (Å²) in [5.41, 5.74) is 1.37. The van der Waals surface area contributed by atoms with E-state index < -0.39 is 8.24 Å². The third-order valence-corrected chi connectivity index (χ3v) is 5.69. The van der Waals surface area contributed by atoms with Crippen molar-refractivity contribution in [3.63, 3.8) is 0 Å². The van der Waals surface area contributed by atoms with E-state index in [-0.39, 0.29) is 0 Å². The molecule has 1 aliphatic rings. The van der Waals surface area contributed by atoms with Gasteiger partial charge in [0.25, 0.3) is 0 Å². The van der Waals surface area contributed by atoms with Crippen LogP contribution in [0.1, 0.15) is 0 Å². The number of benzene rings is 1. The fourth-order valence-corrected chi connectivity index (χ4v) is 3.82. The Kier molecular flexibility index (Phi) is 3.35. The van der Waals surface area contributed by atoms with Gasteiger partial charge in [-0.25, -0.2) is 0 Å². The lowest BCUT2D eigenvalue weighted by Gasteiger charge is -2.42. The van der Waals surface area contributed by atoms with Crippen LogP contribution in [0, 0.1) is 0 Å².